The van der Waals surface area contributed by atoms with E-state index in [-0.39, 0.29) is 12.5 Å². The Morgan fingerprint density at radius 1 is 1.43 bits per heavy atom. The van der Waals surface area contributed by atoms with Gasteiger partial charge >= 0.3 is 5.97 Å². The van der Waals surface area contributed by atoms with Crippen molar-refractivity contribution in [3.63, 3.8) is 0 Å². The van der Waals surface area contributed by atoms with Gasteiger partial charge in [0.1, 0.15) is 0 Å². The molecule has 0 heterocycles. The molecular weight excluding hydrogens is 210 g/mol. The van der Waals surface area contributed by atoms with Crippen LogP contribution in [0.15, 0.2) is 0 Å². The number of carbonyl (C=O) groups excluding carboxylic acids is 1. The van der Waals surface area contributed by atoms with Gasteiger partial charge < -0.3 is 4.74 Å². The topological polar surface area (TPSA) is 81.7 Å². The Labute approximate surface area is 83.6 Å². The molecule has 0 radical (unpaired) electrons. The molecule has 14 heavy (non-hydrogen) atoms. The smallest absolute Gasteiger partial charge is 0.322 e. The van der Waals surface area contributed by atoms with E-state index >= 15 is 0 Å². The molecule has 7 heteroatoms. The molecule has 0 spiro atoms. The molecule has 0 amide bonds. The first-order chi connectivity index (χ1) is 6.37. The molecule has 0 bridgehead atoms. The molecule has 6 nitrogen and oxygen atoms in total. The lowest BCUT2D eigenvalue weighted by Gasteiger charge is -2.07. The van der Waals surface area contributed by atoms with Crippen LogP contribution < -0.4 is 4.89 Å². The summed E-state index contributed by atoms with van der Waals surface area (Å²) in [4.78, 5) is 17.1. The van der Waals surface area contributed by atoms with E-state index in [9.17, 15) is 13.2 Å². The summed E-state index contributed by atoms with van der Waals surface area (Å²) in [5, 5.41) is 0. The van der Waals surface area contributed by atoms with Crippen LogP contribution in [-0.4, -0.2) is 33.9 Å². The van der Waals surface area contributed by atoms with Crippen LogP contribution in [0, 0.1) is 5.92 Å². The molecule has 0 aliphatic heterocycles. The fourth-order valence-corrected chi connectivity index (χ4v) is 1.27. The normalized spacial score (nSPS) is 11.7. The highest BCUT2D eigenvalue weighted by atomic mass is 32.2. The third kappa shape index (κ3) is 6.81. The molecule has 0 atom stereocenters. The highest BCUT2D eigenvalue weighted by molar-refractivity contribution is 7.90. The Morgan fingerprint density at radius 3 is 2.43 bits per heavy atom. The molecule has 0 aliphatic rings. The highest BCUT2D eigenvalue weighted by Gasteiger charge is 2.16. The van der Waals surface area contributed by atoms with Gasteiger partial charge in [0.15, 0.2) is 5.75 Å². The summed E-state index contributed by atoms with van der Waals surface area (Å²) < 4.78 is 26.3. The van der Waals surface area contributed by atoms with Crippen molar-refractivity contribution in [3.05, 3.63) is 0 Å². The first-order valence-corrected chi connectivity index (χ1v) is 5.70. The van der Waals surface area contributed by atoms with Crippen molar-refractivity contribution in [3.8, 4) is 0 Å². The average Bonchev–Trinajstić information content (AvgIpc) is 2.02. The van der Waals surface area contributed by atoms with E-state index in [1.807, 2.05) is 18.7 Å². The Balaban J connectivity index is 3.91. The molecule has 0 unspecified atom stereocenters. The quantitative estimate of drug-likeness (QED) is 0.494. The van der Waals surface area contributed by atoms with Crippen molar-refractivity contribution in [2.45, 2.75) is 13.8 Å². The molecule has 0 saturated carbocycles. The summed E-state index contributed by atoms with van der Waals surface area (Å²) in [6.07, 6.45) is 0. The second-order valence-corrected chi connectivity index (χ2v) is 4.81. The van der Waals surface area contributed by atoms with Gasteiger partial charge in [0.05, 0.1) is 13.7 Å². The van der Waals surface area contributed by atoms with Crippen LogP contribution in [-0.2, 0) is 24.4 Å². The van der Waals surface area contributed by atoms with Gasteiger partial charge in [0.25, 0.3) is 0 Å². The highest BCUT2D eigenvalue weighted by Crippen LogP contribution is 1.92. The van der Waals surface area contributed by atoms with E-state index in [2.05, 4.69) is 9.57 Å². The van der Waals surface area contributed by atoms with Crippen molar-refractivity contribution in [1.29, 1.82) is 0 Å². The van der Waals surface area contributed by atoms with Crippen molar-refractivity contribution < 1.29 is 22.8 Å². The molecule has 84 valence electrons. The molecule has 0 aliphatic carbocycles. The Hall–Kier alpha value is -0.660. The third-order valence-corrected chi connectivity index (χ3v) is 2.13. The van der Waals surface area contributed by atoms with Crippen LogP contribution in [0.2, 0.25) is 0 Å². The van der Waals surface area contributed by atoms with Crippen molar-refractivity contribution in [1.82, 2.24) is 4.89 Å². The predicted molar refractivity (Wildman–Crippen MR) is 49.7 cm³/mol. The van der Waals surface area contributed by atoms with E-state index in [4.69, 9.17) is 0 Å². The Bertz CT molecular complexity index is 272. The number of ether oxygens (including phenoxy) is 1. The zero-order valence-electron chi connectivity index (χ0n) is 8.44. The number of hydrogen-bond donors (Lipinski definition) is 1. The molecule has 0 saturated heterocycles. The zero-order valence-corrected chi connectivity index (χ0v) is 9.26. The Kier molecular flexibility index (Phi) is 5.66. The van der Waals surface area contributed by atoms with Gasteiger partial charge in [0.2, 0.25) is 10.0 Å². The predicted octanol–water partition coefficient (Wildman–Crippen LogP) is -0.334. The summed E-state index contributed by atoms with van der Waals surface area (Å²) in [5.74, 6) is -1.36. The molecule has 0 fully saturated rings. The first-order valence-electron chi connectivity index (χ1n) is 4.05. The van der Waals surface area contributed by atoms with E-state index in [1.54, 1.807) is 0 Å². The fourth-order valence-electron chi connectivity index (χ4n) is 0.534. The monoisotopic (exact) mass is 225 g/mol. The number of hydrogen-bond acceptors (Lipinski definition) is 5. The third-order valence-electron chi connectivity index (χ3n) is 1.14. The molecular formula is C7H15NO5S. The summed E-state index contributed by atoms with van der Waals surface area (Å²) >= 11 is 0. The molecule has 0 aromatic heterocycles. The van der Waals surface area contributed by atoms with Gasteiger partial charge in [-0.05, 0) is 5.92 Å². The maximum Gasteiger partial charge on any atom is 0.322 e. The lowest BCUT2D eigenvalue weighted by atomic mass is 10.2. The molecule has 0 aromatic carbocycles. The van der Waals surface area contributed by atoms with E-state index in [0.29, 0.717) is 0 Å². The molecule has 1 N–H and O–H groups in total. The number of rotatable bonds is 6. The summed E-state index contributed by atoms with van der Waals surface area (Å²) in [6.45, 7) is 3.99. The van der Waals surface area contributed by atoms with Crippen molar-refractivity contribution >= 4 is 16.0 Å². The van der Waals surface area contributed by atoms with Crippen LogP contribution >= 0.6 is 0 Å². The second-order valence-electron chi connectivity index (χ2n) is 3.12. The minimum Gasteiger partial charge on any atom is -0.468 e. The van der Waals surface area contributed by atoms with Crippen LogP contribution in [0.4, 0.5) is 0 Å². The Morgan fingerprint density at radius 2 is 2.00 bits per heavy atom. The number of esters is 1. The number of nitrogens with one attached hydrogen (secondary N) is 1. The van der Waals surface area contributed by atoms with Gasteiger partial charge in [-0.3, -0.25) is 9.63 Å². The summed E-state index contributed by atoms with van der Waals surface area (Å²) in [7, 11) is -2.62. The fraction of sp³-hybridized carbons (Fsp3) is 0.857. The SMILES string of the molecule is COC(=O)CS(=O)(=O)NOCC(C)C. The van der Waals surface area contributed by atoms with Crippen LogP contribution in [0.5, 0.6) is 0 Å². The van der Waals surface area contributed by atoms with Gasteiger partial charge in [-0.25, -0.2) is 8.42 Å². The van der Waals surface area contributed by atoms with Crippen molar-refractivity contribution in [2.24, 2.45) is 5.92 Å². The van der Waals surface area contributed by atoms with Crippen molar-refractivity contribution in [2.75, 3.05) is 19.5 Å². The molecule has 0 aromatic rings. The van der Waals surface area contributed by atoms with E-state index < -0.39 is 21.7 Å². The van der Waals surface area contributed by atoms with Crippen LogP contribution in [0.1, 0.15) is 13.8 Å². The van der Waals surface area contributed by atoms with Gasteiger partial charge in [-0.2, -0.15) is 0 Å². The summed E-state index contributed by atoms with van der Waals surface area (Å²) in [5.41, 5.74) is 0. The minimum atomic E-state index is -3.74. The zero-order chi connectivity index (χ0) is 11.2. The van der Waals surface area contributed by atoms with Gasteiger partial charge in [-0.1, -0.05) is 18.7 Å². The maximum absolute atomic E-state index is 11.0. The standard InChI is InChI=1S/C7H15NO5S/c1-6(2)4-13-8-14(10,11)5-7(9)12-3/h6,8H,4-5H2,1-3H3. The lowest BCUT2D eigenvalue weighted by molar-refractivity contribution is -0.137. The van der Waals surface area contributed by atoms with Crippen LogP contribution in [0.3, 0.4) is 0 Å². The molecule has 0 rings (SSSR count). The van der Waals surface area contributed by atoms with Gasteiger partial charge in [0, 0.05) is 0 Å². The average molecular weight is 225 g/mol. The van der Waals surface area contributed by atoms with Gasteiger partial charge in [-0.15, -0.1) is 0 Å². The van der Waals surface area contributed by atoms with E-state index in [0.717, 1.165) is 7.11 Å². The number of methoxy groups -OCH3 is 1. The maximum atomic E-state index is 11.0. The minimum absolute atomic E-state index is 0.204. The first kappa shape index (κ1) is 13.3. The number of carbonyl (C=O) groups is 1. The largest absolute Gasteiger partial charge is 0.468 e. The van der Waals surface area contributed by atoms with E-state index in [1.165, 1.54) is 0 Å². The van der Waals surface area contributed by atoms with Crippen LogP contribution in [0.25, 0.3) is 0 Å². The summed E-state index contributed by atoms with van der Waals surface area (Å²) in [6, 6.07) is 0. The number of sulfonamides is 1. The lowest BCUT2D eigenvalue weighted by Crippen LogP contribution is -2.31. The second kappa shape index (κ2) is 5.94.